The standard InChI is InChI=1S/C8H14N2O3/c1-9-7(11)6(10-8(12)13)4-5-2-3-5/h5-6,10H,2-4H2,1H3,(H,9,11)(H,12,13). The number of likely N-dealkylation sites (N-methyl/N-ethyl adjacent to an activating group) is 1. The molecule has 1 aliphatic carbocycles. The van der Waals surface area contributed by atoms with Gasteiger partial charge in [-0.1, -0.05) is 12.8 Å². The van der Waals surface area contributed by atoms with Crippen LogP contribution in [0, 0.1) is 5.92 Å². The van der Waals surface area contributed by atoms with Crippen LogP contribution in [-0.4, -0.2) is 30.2 Å². The first kappa shape index (κ1) is 9.83. The van der Waals surface area contributed by atoms with Gasteiger partial charge in [-0.2, -0.15) is 0 Å². The molecule has 1 rings (SSSR count). The lowest BCUT2D eigenvalue weighted by Gasteiger charge is -2.14. The van der Waals surface area contributed by atoms with Gasteiger partial charge in [-0.25, -0.2) is 4.79 Å². The molecule has 74 valence electrons. The average molecular weight is 186 g/mol. The molecule has 1 fully saturated rings. The fraction of sp³-hybridized carbons (Fsp3) is 0.750. The molecule has 0 saturated heterocycles. The molecule has 0 bridgehead atoms. The van der Waals surface area contributed by atoms with Crippen molar-refractivity contribution in [2.45, 2.75) is 25.3 Å². The predicted octanol–water partition coefficient (Wildman–Crippen LogP) is 0.169. The van der Waals surface area contributed by atoms with Crippen LogP contribution >= 0.6 is 0 Å². The Kier molecular flexibility index (Phi) is 3.11. The fourth-order valence-corrected chi connectivity index (χ4v) is 1.24. The average Bonchev–Trinajstić information content (AvgIpc) is 2.85. The molecule has 0 heterocycles. The third-order valence-electron chi connectivity index (χ3n) is 2.13. The summed E-state index contributed by atoms with van der Waals surface area (Å²) in [6, 6.07) is -0.588. The van der Waals surface area contributed by atoms with Crippen LogP contribution in [0.3, 0.4) is 0 Å². The number of carboxylic acid groups (broad SMARTS) is 1. The van der Waals surface area contributed by atoms with E-state index in [2.05, 4.69) is 10.6 Å². The van der Waals surface area contributed by atoms with E-state index in [4.69, 9.17) is 5.11 Å². The van der Waals surface area contributed by atoms with Gasteiger partial charge in [0.05, 0.1) is 0 Å². The third-order valence-corrected chi connectivity index (χ3v) is 2.13. The first-order valence-corrected chi connectivity index (χ1v) is 4.34. The Hall–Kier alpha value is -1.26. The molecule has 0 aromatic carbocycles. The Balaban J connectivity index is 2.41. The zero-order valence-corrected chi connectivity index (χ0v) is 7.54. The minimum atomic E-state index is -1.14. The second kappa shape index (κ2) is 4.11. The van der Waals surface area contributed by atoms with Crippen LogP contribution in [0.1, 0.15) is 19.3 Å². The summed E-state index contributed by atoms with van der Waals surface area (Å²) in [4.78, 5) is 21.5. The zero-order valence-electron chi connectivity index (χ0n) is 7.54. The second-order valence-corrected chi connectivity index (χ2v) is 3.30. The van der Waals surface area contributed by atoms with Gasteiger partial charge in [0.15, 0.2) is 0 Å². The van der Waals surface area contributed by atoms with Gasteiger partial charge in [-0.15, -0.1) is 0 Å². The third kappa shape index (κ3) is 3.31. The first-order valence-electron chi connectivity index (χ1n) is 4.34. The molecule has 13 heavy (non-hydrogen) atoms. The monoisotopic (exact) mass is 186 g/mol. The number of carbonyl (C=O) groups is 2. The summed E-state index contributed by atoms with van der Waals surface area (Å²) in [5.74, 6) is 0.267. The fourth-order valence-electron chi connectivity index (χ4n) is 1.24. The molecular weight excluding hydrogens is 172 g/mol. The van der Waals surface area contributed by atoms with E-state index >= 15 is 0 Å². The maximum absolute atomic E-state index is 11.2. The van der Waals surface area contributed by atoms with Crippen molar-refractivity contribution in [3.8, 4) is 0 Å². The molecule has 0 radical (unpaired) electrons. The van der Waals surface area contributed by atoms with Crippen molar-refractivity contribution in [1.82, 2.24) is 10.6 Å². The van der Waals surface area contributed by atoms with Crippen LogP contribution in [0.5, 0.6) is 0 Å². The number of amides is 2. The molecule has 5 heteroatoms. The zero-order chi connectivity index (χ0) is 9.84. The lowest BCUT2D eigenvalue weighted by molar-refractivity contribution is -0.122. The molecule has 1 saturated carbocycles. The van der Waals surface area contributed by atoms with Crippen molar-refractivity contribution in [3.63, 3.8) is 0 Å². The number of carbonyl (C=O) groups excluding carboxylic acids is 1. The van der Waals surface area contributed by atoms with E-state index in [1.54, 1.807) is 0 Å². The second-order valence-electron chi connectivity index (χ2n) is 3.30. The summed E-state index contributed by atoms with van der Waals surface area (Å²) < 4.78 is 0. The van der Waals surface area contributed by atoms with E-state index < -0.39 is 12.1 Å². The van der Waals surface area contributed by atoms with Gasteiger partial charge in [0.2, 0.25) is 5.91 Å². The van der Waals surface area contributed by atoms with Crippen molar-refractivity contribution < 1.29 is 14.7 Å². The Morgan fingerprint density at radius 2 is 2.15 bits per heavy atom. The Morgan fingerprint density at radius 3 is 2.54 bits per heavy atom. The van der Waals surface area contributed by atoms with Gasteiger partial charge in [-0.05, 0) is 12.3 Å². The molecule has 1 aliphatic rings. The molecule has 3 N–H and O–H groups in total. The van der Waals surface area contributed by atoms with Gasteiger partial charge >= 0.3 is 6.09 Å². The molecule has 0 spiro atoms. The number of nitrogens with one attached hydrogen (secondary N) is 2. The molecule has 2 amide bonds. The van der Waals surface area contributed by atoms with Crippen molar-refractivity contribution in [2.75, 3.05) is 7.05 Å². The van der Waals surface area contributed by atoms with Crippen LogP contribution in [0.15, 0.2) is 0 Å². The summed E-state index contributed by atoms with van der Waals surface area (Å²) >= 11 is 0. The van der Waals surface area contributed by atoms with Crippen molar-refractivity contribution in [3.05, 3.63) is 0 Å². The highest BCUT2D eigenvalue weighted by Crippen LogP contribution is 2.33. The molecule has 1 unspecified atom stereocenters. The van der Waals surface area contributed by atoms with E-state index in [1.807, 2.05) is 0 Å². The van der Waals surface area contributed by atoms with Gasteiger partial charge in [0, 0.05) is 7.05 Å². The largest absolute Gasteiger partial charge is 0.465 e. The summed E-state index contributed by atoms with van der Waals surface area (Å²) in [5, 5.41) is 13.1. The minimum Gasteiger partial charge on any atom is -0.465 e. The summed E-state index contributed by atoms with van der Waals surface area (Å²) in [6.45, 7) is 0. The SMILES string of the molecule is CNC(=O)C(CC1CC1)NC(=O)O. The van der Waals surface area contributed by atoms with Gasteiger partial charge in [0.1, 0.15) is 6.04 Å². The first-order chi connectivity index (χ1) is 6.13. The van der Waals surface area contributed by atoms with E-state index in [1.165, 1.54) is 7.05 Å². The highest BCUT2D eigenvalue weighted by Gasteiger charge is 2.29. The predicted molar refractivity (Wildman–Crippen MR) is 46.4 cm³/mol. The van der Waals surface area contributed by atoms with Crippen LogP contribution in [0.25, 0.3) is 0 Å². The normalized spacial score (nSPS) is 17.6. The quantitative estimate of drug-likeness (QED) is 0.585. The smallest absolute Gasteiger partial charge is 0.405 e. The Morgan fingerprint density at radius 1 is 1.54 bits per heavy atom. The van der Waals surface area contributed by atoms with Gasteiger partial charge < -0.3 is 15.7 Å². The van der Waals surface area contributed by atoms with Crippen LogP contribution < -0.4 is 10.6 Å². The summed E-state index contributed by atoms with van der Waals surface area (Å²) in [7, 11) is 1.51. The summed E-state index contributed by atoms with van der Waals surface area (Å²) in [5.41, 5.74) is 0. The highest BCUT2D eigenvalue weighted by molar-refractivity contribution is 5.84. The van der Waals surface area contributed by atoms with E-state index in [9.17, 15) is 9.59 Å². The highest BCUT2D eigenvalue weighted by atomic mass is 16.4. The maximum atomic E-state index is 11.2. The lowest BCUT2D eigenvalue weighted by atomic mass is 10.1. The van der Waals surface area contributed by atoms with E-state index in [0.29, 0.717) is 12.3 Å². The van der Waals surface area contributed by atoms with Crippen molar-refractivity contribution in [2.24, 2.45) is 5.92 Å². The Bertz CT molecular complexity index is 213. The van der Waals surface area contributed by atoms with Crippen LogP contribution in [0.4, 0.5) is 4.79 Å². The van der Waals surface area contributed by atoms with E-state index in [0.717, 1.165) is 12.8 Å². The molecule has 0 aromatic heterocycles. The van der Waals surface area contributed by atoms with Crippen molar-refractivity contribution >= 4 is 12.0 Å². The lowest BCUT2D eigenvalue weighted by Crippen LogP contribution is -2.45. The minimum absolute atomic E-state index is 0.255. The molecular formula is C8H14N2O3. The number of rotatable bonds is 4. The van der Waals surface area contributed by atoms with E-state index in [-0.39, 0.29) is 5.91 Å². The van der Waals surface area contributed by atoms with Gasteiger partial charge in [0.25, 0.3) is 0 Å². The molecule has 0 aromatic rings. The Labute approximate surface area is 76.5 Å². The number of hydrogen-bond donors (Lipinski definition) is 3. The molecule has 5 nitrogen and oxygen atoms in total. The summed E-state index contributed by atoms with van der Waals surface area (Å²) in [6.07, 6.45) is 1.68. The molecule has 0 aliphatic heterocycles. The van der Waals surface area contributed by atoms with Crippen LogP contribution in [-0.2, 0) is 4.79 Å². The van der Waals surface area contributed by atoms with Gasteiger partial charge in [-0.3, -0.25) is 4.79 Å². The van der Waals surface area contributed by atoms with Crippen molar-refractivity contribution in [1.29, 1.82) is 0 Å². The number of hydrogen-bond acceptors (Lipinski definition) is 2. The topological polar surface area (TPSA) is 78.4 Å². The van der Waals surface area contributed by atoms with Crippen LogP contribution in [0.2, 0.25) is 0 Å². The molecule has 1 atom stereocenters. The maximum Gasteiger partial charge on any atom is 0.405 e.